The fourth-order valence-corrected chi connectivity index (χ4v) is 7.60. The van der Waals surface area contributed by atoms with E-state index in [2.05, 4.69) is 71.3 Å². The van der Waals surface area contributed by atoms with Crippen LogP contribution in [0.3, 0.4) is 0 Å². The van der Waals surface area contributed by atoms with E-state index in [4.69, 9.17) is 9.47 Å². The molecular formula is C36H49N2O3+. The number of rotatable bonds is 7. The maximum absolute atomic E-state index is 12.3. The van der Waals surface area contributed by atoms with Gasteiger partial charge in [-0.3, -0.25) is 4.98 Å². The van der Waals surface area contributed by atoms with Gasteiger partial charge in [0, 0.05) is 47.0 Å². The topological polar surface area (TPSA) is 51.6 Å². The van der Waals surface area contributed by atoms with Crippen LogP contribution >= 0.6 is 0 Å². The van der Waals surface area contributed by atoms with E-state index < -0.39 is 6.10 Å². The molecule has 3 saturated heterocycles. The van der Waals surface area contributed by atoms with Crippen molar-refractivity contribution in [2.24, 2.45) is 11.8 Å². The van der Waals surface area contributed by atoms with Crippen LogP contribution in [0.1, 0.15) is 82.7 Å². The Balaban J connectivity index is 1.63. The Labute approximate surface area is 246 Å². The summed E-state index contributed by atoms with van der Waals surface area (Å²) in [5, 5.41) is 13.2. The third-order valence-electron chi connectivity index (χ3n) is 9.81. The highest BCUT2D eigenvalue weighted by Crippen LogP contribution is 2.49. The SMILES string of the molecule is C=C[C@H]1C[N@@+]2(Cc3cc(C(C)(C)C)c(OC)c(C(C)(C)C)c3)CC[C@@H]1C[C@H]2[C@H](O)c1ccnc2ccc(OC)cc12. The summed E-state index contributed by atoms with van der Waals surface area (Å²) in [4.78, 5) is 4.59. The number of aliphatic hydroxyl groups is 1. The lowest BCUT2D eigenvalue weighted by Gasteiger charge is -2.58. The minimum atomic E-state index is -0.608. The summed E-state index contributed by atoms with van der Waals surface area (Å²) < 4.78 is 12.5. The number of methoxy groups -OCH3 is 2. The van der Waals surface area contributed by atoms with Crippen molar-refractivity contribution in [1.82, 2.24) is 4.98 Å². The smallest absolute Gasteiger partial charge is 0.131 e. The second-order valence-corrected chi connectivity index (χ2v) is 14.5. The second-order valence-electron chi connectivity index (χ2n) is 14.5. The van der Waals surface area contributed by atoms with E-state index in [1.165, 1.54) is 23.1 Å². The normalized spacial score (nSPS) is 25.2. The number of quaternary nitrogens is 1. The average molecular weight is 558 g/mol. The first kappa shape index (κ1) is 29.6. The molecule has 3 aliphatic heterocycles. The van der Waals surface area contributed by atoms with Crippen molar-refractivity contribution in [2.45, 2.75) is 83.9 Å². The molecule has 1 aromatic heterocycles. The summed E-state index contributed by atoms with van der Waals surface area (Å²) in [6.45, 7) is 20.8. The zero-order chi connectivity index (χ0) is 29.7. The number of hydrogen-bond donors (Lipinski definition) is 1. The van der Waals surface area contributed by atoms with E-state index in [1.54, 1.807) is 14.2 Å². The molecule has 6 rings (SSSR count). The predicted molar refractivity (Wildman–Crippen MR) is 168 cm³/mol. The molecule has 41 heavy (non-hydrogen) atoms. The standard InChI is InChI=1S/C36H49N2O3/c1-10-24-22-38(21-23-17-29(35(2,3)4)34(41-9)30(18-23)36(5,6)7)16-14-25(24)19-32(38)33(39)27-13-15-37-31-12-11-26(40-8)20-28(27)31/h10-13,15,17-18,20,24-25,32-33,39H,1,14,16,19,21-22H2,2-9H3/q+1/t24-,25+,32-,33+,38-/m0/s1. The van der Waals surface area contributed by atoms with Gasteiger partial charge in [-0.05, 0) is 58.7 Å². The third-order valence-corrected chi connectivity index (χ3v) is 9.81. The van der Waals surface area contributed by atoms with Crippen LogP contribution in [0.2, 0.25) is 0 Å². The van der Waals surface area contributed by atoms with Crippen LogP contribution in [0, 0.1) is 11.8 Å². The number of hydrogen-bond acceptors (Lipinski definition) is 4. The summed E-state index contributed by atoms with van der Waals surface area (Å²) in [6.07, 6.45) is 5.54. The number of nitrogens with zero attached hydrogens (tertiary/aromatic N) is 2. The van der Waals surface area contributed by atoms with Crippen LogP contribution < -0.4 is 9.47 Å². The molecule has 0 radical (unpaired) electrons. The van der Waals surface area contributed by atoms with E-state index in [0.29, 0.717) is 11.8 Å². The summed E-state index contributed by atoms with van der Waals surface area (Å²) in [6, 6.07) is 12.8. The number of aliphatic hydroxyl groups excluding tert-OH is 1. The molecule has 0 spiro atoms. The molecule has 0 unspecified atom stereocenters. The third kappa shape index (κ3) is 5.39. The Kier molecular flexibility index (Phi) is 7.76. The van der Waals surface area contributed by atoms with Crippen LogP contribution in [0.15, 0.2) is 55.3 Å². The Morgan fingerprint density at radius 3 is 2.29 bits per heavy atom. The van der Waals surface area contributed by atoms with Crippen LogP contribution in [-0.2, 0) is 17.4 Å². The van der Waals surface area contributed by atoms with Crippen molar-refractivity contribution in [2.75, 3.05) is 27.3 Å². The molecule has 0 saturated carbocycles. The van der Waals surface area contributed by atoms with Gasteiger partial charge in [-0.15, -0.1) is 6.58 Å². The molecule has 0 aliphatic carbocycles. The largest absolute Gasteiger partial charge is 0.497 e. The number of fused-ring (bicyclic) bond motifs is 4. The number of pyridine rings is 1. The highest BCUT2D eigenvalue weighted by Gasteiger charge is 2.54. The highest BCUT2D eigenvalue weighted by molar-refractivity contribution is 5.84. The van der Waals surface area contributed by atoms with Crippen molar-refractivity contribution in [1.29, 1.82) is 0 Å². The molecule has 220 valence electrons. The lowest BCUT2D eigenvalue weighted by molar-refractivity contribution is -0.984. The quantitative estimate of drug-likeness (QED) is 0.242. The number of benzene rings is 2. The molecule has 5 atom stereocenters. The monoisotopic (exact) mass is 557 g/mol. The van der Waals surface area contributed by atoms with Crippen LogP contribution in [0.25, 0.3) is 10.9 Å². The van der Waals surface area contributed by atoms with Gasteiger partial charge in [-0.25, -0.2) is 0 Å². The lowest BCUT2D eigenvalue weighted by Crippen LogP contribution is -2.67. The molecule has 2 bridgehead atoms. The molecule has 0 amide bonds. The van der Waals surface area contributed by atoms with Crippen molar-refractivity contribution in [3.63, 3.8) is 0 Å². The van der Waals surface area contributed by atoms with Gasteiger partial charge in [0.1, 0.15) is 30.2 Å². The molecule has 5 heteroatoms. The van der Waals surface area contributed by atoms with E-state index in [1.807, 2.05) is 30.5 Å². The van der Waals surface area contributed by atoms with Gasteiger partial charge in [0.25, 0.3) is 0 Å². The zero-order valence-corrected chi connectivity index (χ0v) is 26.3. The van der Waals surface area contributed by atoms with Gasteiger partial charge in [-0.2, -0.15) is 0 Å². The van der Waals surface area contributed by atoms with Gasteiger partial charge in [0.05, 0.1) is 32.8 Å². The maximum atomic E-state index is 12.3. The first-order valence-corrected chi connectivity index (χ1v) is 15.1. The fraction of sp³-hybridized carbons (Fsp3) is 0.528. The molecule has 2 aromatic carbocycles. The predicted octanol–water partition coefficient (Wildman–Crippen LogP) is 7.49. The van der Waals surface area contributed by atoms with Crippen LogP contribution in [0.4, 0.5) is 0 Å². The number of piperidine rings is 3. The Morgan fingerprint density at radius 1 is 1.02 bits per heavy atom. The molecule has 5 nitrogen and oxygen atoms in total. The maximum Gasteiger partial charge on any atom is 0.131 e. The molecular weight excluding hydrogens is 508 g/mol. The van der Waals surface area contributed by atoms with E-state index in [9.17, 15) is 5.11 Å². The molecule has 3 fully saturated rings. The summed E-state index contributed by atoms with van der Waals surface area (Å²) in [5.41, 5.74) is 5.52. The number of aromatic nitrogens is 1. The van der Waals surface area contributed by atoms with Crippen molar-refractivity contribution in [3.05, 3.63) is 77.5 Å². The average Bonchev–Trinajstić information content (AvgIpc) is 2.94. The minimum Gasteiger partial charge on any atom is -0.497 e. The summed E-state index contributed by atoms with van der Waals surface area (Å²) in [7, 11) is 3.48. The Hall–Kier alpha value is -2.89. The van der Waals surface area contributed by atoms with Crippen molar-refractivity contribution in [3.8, 4) is 11.5 Å². The van der Waals surface area contributed by atoms with Gasteiger partial charge < -0.3 is 19.1 Å². The first-order chi connectivity index (χ1) is 19.3. The van der Waals surface area contributed by atoms with Gasteiger partial charge in [0.2, 0.25) is 0 Å². The van der Waals surface area contributed by atoms with Crippen molar-refractivity contribution < 1.29 is 19.1 Å². The van der Waals surface area contributed by atoms with E-state index >= 15 is 0 Å². The lowest BCUT2D eigenvalue weighted by atomic mass is 9.70. The van der Waals surface area contributed by atoms with Gasteiger partial charge >= 0.3 is 0 Å². The summed E-state index contributed by atoms with van der Waals surface area (Å²) >= 11 is 0. The van der Waals surface area contributed by atoms with Crippen LogP contribution in [0.5, 0.6) is 11.5 Å². The fourth-order valence-electron chi connectivity index (χ4n) is 7.60. The Bertz CT molecular complexity index is 1400. The minimum absolute atomic E-state index is 0.0617. The number of ether oxygens (including phenoxy) is 2. The van der Waals surface area contributed by atoms with E-state index in [0.717, 1.165) is 58.5 Å². The highest BCUT2D eigenvalue weighted by atomic mass is 16.5. The van der Waals surface area contributed by atoms with Crippen LogP contribution in [-0.4, -0.2) is 47.9 Å². The van der Waals surface area contributed by atoms with Gasteiger partial charge in [-0.1, -0.05) is 47.6 Å². The van der Waals surface area contributed by atoms with Crippen molar-refractivity contribution >= 4 is 10.9 Å². The van der Waals surface area contributed by atoms with Gasteiger partial charge in [0.15, 0.2) is 0 Å². The Morgan fingerprint density at radius 2 is 1.71 bits per heavy atom. The van der Waals surface area contributed by atoms with E-state index in [-0.39, 0.29) is 16.9 Å². The zero-order valence-electron chi connectivity index (χ0n) is 26.3. The molecule has 3 aromatic rings. The molecule has 3 aliphatic rings. The molecule has 4 heterocycles. The second kappa shape index (κ2) is 10.7. The summed E-state index contributed by atoms with van der Waals surface area (Å²) in [5.74, 6) is 2.80. The molecule has 1 N–H and O–H groups in total. The first-order valence-electron chi connectivity index (χ1n) is 15.1.